The Morgan fingerprint density at radius 2 is 1.80 bits per heavy atom. The first-order chi connectivity index (χ1) is 16.8. The van der Waals surface area contributed by atoms with Crippen LogP contribution in [0.3, 0.4) is 0 Å². The molecule has 2 aromatic carbocycles. The van der Waals surface area contributed by atoms with Gasteiger partial charge in [0.15, 0.2) is 16.8 Å². The summed E-state index contributed by atoms with van der Waals surface area (Å²) in [6, 6.07) is 10.6. The molecule has 3 heterocycles. The summed E-state index contributed by atoms with van der Waals surface area (Å²) in [4.78, 5) is 19.2. The maximum Gasteiger partial charge on any atom is 0.263 e. The molecule has 0 radical (unpaired) electrons. The topological polar surface area (TPSA) is 94.6 Å². The van der Waals surface area contributed by atoms with Crippen LogP contribution in [0.1, 0.15) is 15.7 Å². The van der Waals surface area contributed by atoms with E-state index in [-0.39, 0.29) is 13.7 Å². The van der Waals surface area contributed by atoms with Gasteiger partial charge in [0.1, 0.15) is 0 Å². The molecule has 0 spiro atoms. The smallest absolute Gasteiger partial charge is 0.263 e. The first-order valence-corrected chi connectivity index (χ1v) is 13.4. The van der Waals surface area contributed by atoms with Crippen LogP contribution < -0.4 is 19.8 Å². The Morgan fingerprint density at radius 3 is 2.43 bits per heavy atom. The van der Waals surface area contributed by atoms with E-state index >= 15 is 0 Å². The zero-order valence-electron chi connectivity index (χ0n) is 18.8. The van der Waals surface area contributed by atoms with Crippen molar-refractivity contribution in [3.8, 4) is 0 Å². The summed E-state index contributed by atoms with van der Waals surface area (Å²) in [6.07, 6.45) is 2.92. The monoisotopic (exact) mass is 525 g/mol. The number of anilines is 3. The predicted octanol–water partition coefficient (Wildman–Crippen LogP) is 3.94. The predicted molar refractivity (Wildman–Crippen MR) is 137 cm³/mol. The fraction of sp³-hybridized carbons (Fsp3) is 0.304. The van der Waals surface area contributed by atoms with E-state index in [0.717, 1.165) is 44.4 Å². The summed E-state index contributed by atoms with van der Waals surface area (Å²) < 4.78 is 53.0. The Morgan fingerprint density at radius 1 is 1.06 bits per heavy atom. The van der Waals surface area contributed by atoms with Crippen molar-refractivity contribution >= 4 is 43.8 Å². The third-order valence-electron chi connectivity index (χ3n) is 5.58. The average Bonchev–Trinajstić information content (AvgIpc) is 3.53. The molecular weight excluding hydrogens is 496 g/mol. The largest absolute Gasteiger partial charge is 0.367 e. The van der Waals surface area contributed by atoms with Gasteiger partial charge in [0.2, 0.25) is 5.91 Å². The van der Waals surface area contributed by atoms with Crippen molar-refractivity contribution in [2.24, 2.45) is 0 Å². The van der Waals surface area contributed by atoms with Gasteiger partial charge >= 0.3 is 0 Å². The molecular formula is C23H29F2N5O3S2. The van der Waals surface area contributed by atoms with E-state index in [2.05, 4.69) is 15.0 Å². The van der Waals surface area contributed by atoms with Gasteiger partial charge in [-0.15, -0.1) is 11.3 Å². The van der Waals surface area contributed by atoms with Gasteiger partial charge in [-0.1, -0.05) is 6.07 Å². The molecule has 3 aromatic rings. The molecule has 0 unspecified atom stereocenters. The number of hydrogen-bond acceptors (Lipinski definition) is 7. The number of carbonyl (C=O) groups excluding carboxylic acids is 1. The van der Waals surface area contributed by atoms with Crippen molar-refractivity contribution in [2.45, 2.75) is 17.7 Å². The van der Waals surface area contributed by atoms with Gasteiger partial charge in [-0.3, -0.25) is 9.52 Å². The molecule has 35 heavy (non-hydrogen) atoms. The molecule has 2 aliphatic rings. The number of halogens is 2. The Balaban J connectivity index is 0.000000265. The standard InChI is InChI=1S/C13H13N3O3S2.C10H12F2N2.2H2/c17-12-2-1-8-16(12)10-3-5-11(6-4-10)21(18,19)15-13-14-7-9-20-13;11-8-2-1-3-9(10(8)12)14-6-4-13-5-7-14;;/h3-7,9H,1-2,8H2,(H,14,15);1-3,13H,4-7H2;2*1H. The average molecular weight is 526 g/mol. The minimum atomic E-state index is -3.64. The van der Waals surface area contributed by atoms with Gasteiger partial charge in [0, 0.05) is 59.3 Å². The van der Waals surface area contributed by atoms with Crippen LogP contribution in [0.15, 0.2) is 58.9 Å². The second-order valence-electron chi connectivity index (χ2n) is 7.90. The van der Waals surface area contributed by atoms with Crippen LogP contribution in [0.5, 0.6) is 0 Å². The lowest BCUT2D eigenvalue weighted by Gasteiger charge is -2.29. The SMILES string of the molecule is Fc1cccc(N2CCNCC2)c1F.O=C1CCCN1c1ccc(S(=O)(=O)Nc2nccs2)cc1.[HH].[HH]. The van der Waals surface area contributed by atoms with E-state index in [1.807, 2.05) is 4.90 Å². The molecule has 2 saturated heterocycles. The molecule has 5 rings (SSSR count). The minimum Gasteiger partial charge on any atom is -0.367 e. The molecule has 1 amide bonds. The summed E-state index contributed by atoms with van der Waals surface area (Å²) >= 11 is 1.21. The number of nitrogens with zero attached hydrogens (tertiary/aromatic N) is 3. The number of piperazine rings is 1. The number of nitrogens with one attached hydrogen (secondary N) is 2. The van der Waals surface area contributed by atoms with Gasteiger partial charge in [-0.05, 0) is 42.8 Å². The van der Waals surface area contributed by atoms with E-state index in [4.69, 9.17) is 0 Å². The highest BCUT2D eigenvalue weighted by Gasteiger charge is 2.22. The number of aromatic nitrogens is 1. The Hall–Kier alpha value is -3.09. The van der Waals surface area contributed by atoms with Gasteiger partial charge in [-0.2, -0.15) is 0 Å². The summed E-state index contributed by atoms with van der Waals surface area (Å²) in [5, 5.41) is 5.18. The minimum absolute atomic E-state index is 0. The molecule has 2 aliphatic heterocycles. The van der Waals surface area contributed by atoms with Crippen molar-refractivity contribution in [3.05, 3.63) is 65.7 Å². The number of rotatable bonds is 5. The Bertz CT molecular complexity index is 1260. The van der Waals surface area contributed by atoms with Crippen molar-refractivity contribution in [1.29, 1.82) is 0 Å². The van der Waals surface area contributed by atoms with Crippen LogP contribution in [0.2, 0.25) is 0 Å². The Labute approximate surface area is 209 Å². The second-order valence-corrected chi connectivity index (χ2v) is 10.5. The molecule has 2 fully saturated rings. The van der Waals surface area contributed by atoms with E-state index < -0.39 is 21.7 Å². The normalized spacial score (nSPS) is 16.1. The number of thiazole rings is 1. The van der Waals surface area contributed by atoms with Crippen molar-refractivity contribution in [3.63, 3.8) is 0 Å². The first-order valence-electron chi connectivity index (χ1n) is 11.1. The number of benzene rings is 2. The summed E-state index contributed by atoms with van der Waals surface area (Å²) in [5.74, 6) is -1.44. The molecule has 2 N–H and O–H groups in total. The van der Waals surface area contributed by atoms with E-state index in [0.29, 0.717) is 23.8 Å². The van der Waals surface area contributed by atoms with E-state index in [9.17, 15) is 22.0 Å². The molecule has 0 aliphatic carbocycles. The third kappa shape index (κ3) is 6.13. The lowest BCUT2D eigenvalue weighted by atomic mass is 10.2. The summed E-state index contributed by atoms with van der Waals surface area (Å²) in [6.45, 7) is 3.76. The van der Waals surface area contributed by atoms with Crippen LogP contribution in [-0.2, 0) is 14.8 Å². The van der Waals surface area contributed by atoms with Crippen molar-refractivity contribution in [2.75, 3.05) is 47.2 Å². The van der Waals surface area contributed by atoms with Crippen molar-refractivity contribution < 1.29 is 24.8 Å². The molecule has 1 aromatic heterocycles. The van der Waals surface area contributed by atoms with Gasteiger partial charge < -0.3 is 15.1 Å². The quantitative estimate of drug-likeness (QED) is 0.524. The van der Waals surface area contributed by atoms with Gasteiger partial charge in [0.05, 0.1) is 10.6 Å². The van der Waals surface area contributed by atoms with Crippen LogP contribution in [0, 0.1) is 11.6 Å². The third-order valence-corrected chi connectivity index (χ3v) is 7.75. The maximum absolute atomic E-state index is 13.3. The fourth-order valence-corrected chi connectivity index (χ4v) is 5.61. The molecule has 12 heteroatoms. The highest BCUT2D eigenvalue weighted by Crippen LogP contribution is 2.24. The number of carbonyl (C=O) groups is 1. The first kappa shape index (κ1) is 25.0. The fourth-order valence-electron chi connectivity index (χ4n) is 3.82. The molecule has 190 valence electrons. The van der Waals surface area contributed by atoms with Gasteiger partial charge in [0.25, 0.3) is 10.0 Å². The highest BCUT2D eigenvalue weighted by molar-refractivity contribution is 7.93. The van der Waals surface area contributed by atoms with E-state index in [1.165, 1.54) is 35.7 Å². The zero-order chi connectivity index (χ0) is 24.8. The summed E-state index contributed by atoms with van der Waals surface area (Å²) in [7, 11) is -3.64. The van der Waals surface area contributed by atoms with Crippen LogP contribution in [0.4, 0.5) is 25.3 Å². The maximum atomic E-state index is 13.3. The van der Waals surface area contributed by atoms with Crippen LogP contribution >= 0.6 is 11.3 Å². The molecule has 0 saturated carbocycles. The summed E-state index contributed by atoms with van der Waals surface area (Å²) in [5.41, 5.74) is 1.09. The highest BCUT2D eigenvalue weighted by atomic mass is 32.2. The lowest BCUT2D eigenvalue weighted by molar-refractivity contribution is -0.117. The lowest BCUT2D eigenvalue weighted by Crippen LogP contribution is -2.43. The van der Waals surface area contributed by atoms with Crippen molar-refractivity contribution in [1.82, 2.24) is 10.3 Å². The number of amides is 1. The number of sulfonamides is 1. The number of hydrogen-bond donors (Lipinski definition) is 2. The molecule has 0 atom stereocenters. The van der Waals surface area contributed by atoms with Crippen LogP contribution in [-0.4, -0.2) is 52.0 Å². The van der Waals surface area contributed by atoms with Gasteiger partial charge in [-0.25, -0.2) is 22.2 Å². The molecule has 8 nitrogen and oxygen atoms in total. The molecule has 0 bridgehead atoms. The Kier molecular flexibility index (Phi) is 7.93. The van der Waals surface area contributed by atoms with E-state index in [1.54, 1.807) is 28.5 Å². The zero-order valence-corrected chi connectivity index (χ0v) is 20.4. The second kappa shape index (κ2) is 11.1. The van der Waals surface area contributed by atoms with Crippen LogP contribution in [0.25, 0.3) is 0 Å².